The van der Waals surface area contributed by atoms with E-state index < -0.39 is 0 Å². The van der Waals surface area contributed by atoms with Gasteiger partial charge in [-0.2, -0.15) is 0 Å². The molecule has 0 radical (unpaired) electrons. The van der Waals surface area contributed by atoms with Crippen molar-refractivity contribution in [2.24, 2.45) is 0 Å². The summed E-state index contributed by atoms with van der Waals surface area (Å²) in [7, 11) is 0. The van der Waals surface area contributed by atoms with Gasteiger partial charge in [0.05, 0.1) is 16.6 Å². The average Bonchev–Trinajstić information content (AvgIpc) is 2.81. The van der Waals surface area contributed by atoms with Gasteiger partial charge in [-0.25, -0.2) is 4.98 Å². The van der Waals surface area contributed by atoms with E-state index in [1.807, 2.05) is 12.1 Å². The van der Waals surface area contributed by atoms with E-state index in [0.29, 0.717) is 5.82 Å². The van der Waals surface area contributed by atoms with Crippen LogP contribution in [0.2, 0.25) is 0 Å². The lowest BCUT2D eigenvalue weighted by Gasteiger charge is -2.08. The highest BCUT2D eigenvalue weighted by molar-refractivity contribution is 6.04. The van der Waals surface area contributed by atoms with E-state index in [0.717, 1.165) is 21.9 Å². The molecule has 0 aliphatic carbocycles. The van der Waals surface area contributed by atoms with Crippen molar-refractivity contribution in [1.82, 2.24) is 9.38 Å². The molecular weight excluding hydrogens is 246 g/mol. The van der Waals surface area contributed by atoms with Crippen molar-refractivity contribution < 1.29 is 0 Å². The normalized spacial score (nSPS) is 11.7. The maximum absolute atomic E-state index is 6.19. The zero-order valence-electron chi connectivity index (χ0n) is 11.5. The quantitative estimate of drug-likeness (QED) is 0.522. The number of rotatable bonds is 0. The summed E-state index contributed by atoms with van der Waals surface area (Å²) in [4.78, 5) is 4.59. The van der Waals surface area contributed by atoms with Gasteiger partial charge in [-0.1, -0.05) is 24.3 Å². The fourth-order valence-electron chi connectivity index (χ4n) is 2.86. The number of nitrogen functional groups attached to an aromatic ring is 1. The molecule has 0 spiro atoms. The minimum Gasteiger partial charge on any atom is -0.382 e. The van der Waals surface area contributed by atoms with Crippen LogP contribution in [-0.4, -0.2) is 9.38 Å². The summed E-state index contributed by atoms with van der Waals surface area (Å²) in [5.41, 5.74) is 11.7. The summed E-state index contributed by atoms with van der Waals surface area (Å²) in [6.07, 6.45) is 2.14. The van der Waals surface area contributed by atoms with Crippen molar-refractivity contribution in [2.75, 3.05) is 5.73 Å². The standard InChI is InChI=1S/C17H15N3/c1-10-7-14-15(8-11(10)2)20-9-12-5-3-4-6-13(12)16(20)17(18)19-14/h3-9H,1-2H3,(H2,18,19). The zero-order chi connectivity index (χ0) is 13.9. The SMILES string of the molecule is Cc1cc2nc(N)c3c4ccccc4cn3c2cc1C. The third-order valence-corrected chi connectivity index (χ3v) is 4.06. The van der Waals surface area contributed by atoms with Crippen molar-refractivity contribution >= 4 is 33.1 Å². The molecule has 0 saturated carbocycles. The monoisotopic (exact) mass is 261 g/mol. The Bertz CT molecular complexity index is 980. The number of benzene rings is 2. The Kier molecular flexibility index (Phi) is 2.11. The van der Waals surface area contributed by atoms with Crippen LogP contribution in [0, 0.1) is 13.8 Å². The first-order chi connectivity index (χ1) is 9.65. The summed E-state index contributed by atoms with van der Waals surface area (Å²) >= 11 is 0. The van der Waals surface area contributed by atoms with E-state index in [-0.39, 0.29) is 0 Å². The molecule has 20 heavy (non-hydrogen) atoms. The molecule has 0 unspecified atom stereocenters. The number of hydrogen-bond acceptors (Lipinski definition) is 2. The van der Waals surface area contributed by atoms with E-state index in [2.05, 4.69) is 53.7 Å². The number of hydrogen-bond donors (Lipinski definition) is 1. The number of nitrogens with two attached hydrogens (primary N) is 1. The highest BCUT2D eigenvalue weighted by Gasteiger charge is 2.11. The van der Waals surface area contributed by atoms with E-state index >= 15 is 0 Å². The second-order valence-electron chi connectivity index (χ2n) is 5.36. The van der Waals surface area contributed by atoms with Gasteiger partial charge in [0.2, 0.25) is 0 Å². The zero-order valence-corrected chi connectivity index (χ0v) is 11.5. The molecule has 4 rings (SSSR count). The molecule has 0 bridgehead atoms. The van der Waals surface area contributed by atoms with Crippen LogP contribution in [0.25, 0.3) is 27.3 Å². The van der Waals surface area contributed by atoms with Crippen LogP contribution in [0.3, 0.4) is 0 Å². The van der Waals surface area contributed by atoms with Crippen LogP contribution >= 0.6 is 0 Å². The molecule has 2 aromatic heterocycles. The van der Waals surface area contributed by atoms with Crippen molar-refractivity contribution in [3.63, 3.8) is 0 Å². The number of aromatic nitrogens is 2. The summed E-state index contributed by atoms with van der Waals surface area (Å²) in [5.74, 6) is 0.585. The Balaban J connectivity index is 2.32. The molecule has 4 aromatic rings. The van der Waals surface area contributed by atoms with Gasteiger partial charge in [-0.15, -0.1) is 0 Å². The number of nitrogens with zero attached hydrogens (tertiary/aromatic N) is 2. The molecule has 3 nitrogen and oxygen atoms in total. The van der Waals surface area contributed by atoms with Gasteiger partial charge in [-0.3, -0.25) is 0 Å². The Labute approximate surface area is 116 Å². The lowest BCUT2D eigenvalue weighted by atomic mass is 10.1. The van der Waals surface area contributed by atoms with Crippen molar-refractivity contribution in [1.29, 1.82) is 0 Å². The summed E-state index contributed by atoms with van der Waals surface area (Å²) in [6, 6.07) is 12.6. The first-order valence-corrected chi connectivity index (χ1v) is 6.71. The number of anilines is 1. The van der Waals surface area contributed by atoms with E-state index in [1.54, 1.807) is 0 Å². The summed E-state index contributed by atoms with van der Waals surface area (Å²) < 4.78 is 2.16. The van der Waals surface area contributed by atoms with Crippen molar-refractivity contribution in [3.05, 3.63) is 53.7 Å². The molecule has 0 aliphatic heterocycles. The third kappa shape index (κ3) is 1.37. The Morgan fingerprint density at radius 1 is 1.05 bits per heavy atom. The first kappa shape index (κ1) is 11.3. The maximum Gasteiger partial charge on any atom is 0.149 e. The van der Waals surface area contributed by atoms with E-state index in [1.165, 1.54) is 16.5 Å². The van der Waals surface area contributed by atoms with Gasteiger partial charge in [0.15, 0.2) is 0 Å². The lowest BCUT2D eigenvalue weighted by molar-refractivity contribution is 1.22. The average molecular weight is 261 g/mol. The van der Waals surface area contributed by atoms with Crippen molar-refractivity contribution in [3.8, 4) is 0 Å². The Morgan fingerprint density at radius 3 is 2.65 bits per heavy atom. The van der Waals surface area contributed by atoms with Gasteiger partial charge < -0.3 is 10.1 Å². The lowest BCUT2D eigenvalue weighted by Crippen LogP contribution is -1.98. The van der Waals surface area contributed by atoms with Crippen LogP contribution in [0.15, 0.2) is 42.6 Å². The topological polar surface area (TPSA) is 43.3 Å². The molecule has 98 valence electrons. The fraction of sp³-hybridized carbons (Fsp3) is 0.118. The van der Waals surface area contributed by atoms with Gasteiger partial charge in [0.25, 0.3) is 0 Å². The molecule has 0 fully saturated rings. The van der Waals surface area contributed by atoms with Gasteiger partial charge in [-0.05, 0) is 37.1 Å². The van der Waals surface area contributed by atoms with E-state index in [4.69, 9.17) is 5.73 Å². The molecule has 0 amide bonds. The fourth-order valence-corrected chi connectivity index (χ4v) is 2.86. The number of aryl methyl sites for hydroxylation is 2. The van der Waals surface area contributed by atoms with E-state index in [9.17, 15) is 0 Å². The molecule has 3 heteroatoms. The first-order valence-electron chi connectivity index (χ1n) is 6.71. The molecule has 0 saturated heterocycles. The van der Waals surface area contributed by atoms with Gasteiger partial charge >= 0.3 is 0 Å². The van der Waals surface area contributed by atoms with Crippen LogP contribution < -0.4 is 5.73 Å². The van der Waals surface area contributed by atoms with Crippen LogP contribution in [-0.2, 0) is 0 Å². The van der Waals surface area contributed by atoms with Gasteiger partial charge in [0.1, 0.15) is 5.82 Å². The third-order valence-electron chi connectivity index (χ3n) is 4.06. The Hall–Kier alpha value is -2.55. The molecule has 2 N–H and O–H groups in total. The largest absolute Gasteiger partial charge is 0.382 e. The summed E-state index contributed by atoms with van der Waals surface area (Å²) in [5, 5.41) is 2.34. The molecular formula is C17H15N3. The van der Waals surface area contributed by atoms with Gasteiger partial charge in [0, 0.05) is 17.0 Å². The molecule has 2 heterocycles. The minimum absolute atomic E-state index is 0.585. The Morgan fingerprint density at radius 2 is 1.80 bits per heavy atom. The minimum atomic E-state index is 0.585. The molecule has 0 atom stereocenters. The smallest absolute Gasteiger partial charge is 0.149 e. The molecule has 2 aromatic carbocycles. The van der Waals surface area contributed by atoms with Crippen molar-refractivity contribution in [2.45, 2.75) is 13.8 Å². The molecule has 0 aliphatic rings. The maximum atomic E-state index is 6.19. The van der Waals surface area contributed by atoms with Crippen LogP contribution in [0.5, 0.6) is 0 Å². The highest BCUT2D eigenvalue weighted by Crippen LogP contribution is 2.30. The van der Waals surface area contributed by atoms with Crippen LogP contribution in [0.4, 0.5) is 5.82 Å². The predicted molar refractivity (Wildman–Crippen MR) is 84.1 cm³/mol. The second kappa shape index (κ2) is 3.73. The predicted octanol–water partition coefficient (Wildman–Crippen LogP) is 3.84. The number of fused-ring (bicyclic) bond motifs is 5. The summed E-state index contributed by atoms with van der Waals surface area (Å²) in [6.45, 7) is 4.23. The second-order valence-corrected chi connectivity index (χ2v) is 5.36. The highest BCUT2D eigenvalue weighted by atomic mass is 15.0. The van der Waals surface area contributed by atoms with Crippen LogP contribution in [0.1, 0.15) is 11.1 Å².